The second kappa shape index (κ2) is 34.6. The van der Waals surface area contributed by atoms with Crippen molar-refractivity contribution in [3.8, 4) is 11.5 Å². The summed E-state index contributed by atoms with van der Waals surface area (Å²) in [5.74, 6) is 1.60. The minimum absolute atomic E-state index is 0.0276. The molecule has 0 fully saturated rings. The predicted molar refractivity (Wildman–Crippen MR) is 202 cm³/mol. The molecule has 0 atom stereocenters. The van der Waals surface area contributed by atoms with Crippen molar-refractivity contribution < 1.29 is 14.6 Å². The van der Waals surface area contributed by atoms with Gasteiger partial charge in [0.05, 0.1) is 19.8 Å². The lowest BCUT2D eigenvalue weighted by Gasteiger charge is -2.14. The van der Waals surface area contributed by atoms with Crippen LogP contribution in [0.1, 0.15) is 199 Å². The maximum Gasteiger partial charge on any atom is 0.161 e. The number of allylic oxidation sites excluding steroid dienone is 4. The van der Waals surface area contributed by atoms with Crippen molar-refractivity contribution in [2.75, 3.05) is 13.2 Å². The molecule has 3 heteroatoms. The highest BCUT2D eigenvalue weighted by atomic mass is 16.5. The Kier molecular flexibility index (Phi) is 31.8. The molecular formula is C43H76O3. The van der Waals surface area contributed by atoms with E-state index >= 15 is 0 Å². The van der Waals surface area contributed by atoms with Crippen molar-refractivity contribution in [3.63, 3.8) is 0 Å². The standard InChI is InChI=1S/C43H76O3/c1-3-5-7-9-11-13-15-17-19-21-23-25-27-29-31-33-37-45-42-36-35-41(40-44)39-43(42)46-38-34-32-30-28-26-24-22-20-18-16-14-12-10-8-6-4-2/h17-20,35-36,39,44H,3-16,21-34,37-38,40H2,1-2H3/b19-17-,20-18+. The van der Waals surface area contributed by atoms with Gasteiger partial charge in [0.2, 0.25) is 0 Å². The first-order valence-corrected chi connectivity index (χ1v) is 20.1. The van der Waals surface area contributed by atoms with E-state index in [1.54, 1.807) is 0 Å². The molecule has 1 aromatic carbocycles. The Hall–Kier alpha value is -1.74. The molecule has 0 aliphatic carbocycles. The van der Waals surface area contributed by atoms with E-state index in [9.17, 15) is 5.11 Å². The van der Waals surface area contributed by atoms with E-state index in [0.717, 1.165) is 36.5 Å². The smallest absolute Gasteiger partial charge is 0.161 e. The average molecular weight is 641 g/mol. The summed E-state index contributed by atoms with van der Waals surface area (Å²) in [6, 6.07) is 5.84. The minimum Gasteiger partial charge on any atom is -0.490 e. The molecule has 266 valence electrons. The molecule has 0 unspecified atom stereocenters. The van der Waals surface area contributed by atoms with E-state index in [2.05, 4.69) is 38.2 Å². The summed E-state index contributed by atoms with van der Waals surface area (Å²) >= 11 is 0. The molecule has 1 aromatic rings. The minimum atomic E-state index is 0.0276. The molecule has 0 saturated heterocycles. The summed E-state index contributed by atoms with van der Waals surface area (Å²) in [7, 11) is 0. The van der Waals surface area contributed by atoms with Crippen molar-refractivity contribution in [1.29, 1.82) is 0 Å². The number of aliphatic hydroxyl groups is 1. The SMILES string of the molecule is CCCCCCCC/C=C\CCCCCCCCOc1ccc(CO)cc1OCCCCCCCC/C=C/CCCCCCCC. The highest BCUT2D eigenvalue weighted by Gasteiger charge is 2.07. The molecule has 0 aliphatic rings. The number of rotatable bonds is 35. The first-order chi connectivity index (χ1) is 22.8. The van der Waals surface area contributed by atoms with Crippen LogP contribution in [-0.4, -0.2) is 18.3 Å². The summed E-state index contributed by atoms with van der Waals surface area (Å²) in [6.45, 7) is 6.03. The molecule has 0 spiro atoms. The fourth-order valence-electron chi connectivity index (χ4n) is 5.95. The summed E-state index contributed by atoms with van der Waals surface area (Å²) in [5.41, 5.74) is 0.876. The Balaban J connectivity index is 2.03. The number of hydrogen-bond acceptors (Lipinski definition) is 3. The van der Waals surface area contributed by atoms with E-state index in [4.69, 9.17) is 9.47 Å². The number of hydrogen-bond donors (Lipinski definition) is 1. The Morgan fingerprint density at radius 3 is 1.17 bits per heavy atom. The van der Waals surface area contributed by atoms with Gasteiger partial charge in [-0.2, -0.15) is 0 Å². The quantitative estimate of drug-likeness (QED) is 0.0592. The molecule has 0 bridgehead atoms. The van der Waals surface area contributed by atoms with E-state index < -0.39 is 0 Å². The second-order valence-corrected chi connectivity index (χ2v) is 13.5. The second-order valence-electron chi connectivity index (χ2n) is 13.5. The summed E-state index contributed by atoms with van der Waals surface area (Å²) in [6.07, 6.45) is 46.3. The predicted octanol–water partition coefficient (Wildman–Crippen LogP) is 14.0. The van der Waals surface area contributed by atoms with Gasteiger partial charge in [-0.1, -0.05) is 160 Å². The number of aliphatic hydroxyl groups excluding tert-OH is 1. The van der Waals surface area contributed by atoms with Crippen LogP contribution in [0.3, 0.4) is 0 Å². The van der Waals surface area contributed by atoms with Crippen molar-refractivity contribution >= 4 is 0 Å². The third-order valence-corrected chi connectivity index (χ3v) is 9.02. The topological polar surface area (TPSA) is 38.7 Å². The molecule has 0 amide bonds. The summed E-state index contributed by atoms with van der Waals surface area (Å²) in [4.78, 5) is 0. The first-order valence-electron chi connectivity index (χ1n) is 20.1. The van der Waals surface area contributed by atoms with Crippen LogP contribution in [0.5, 0.6) is 11.5 Å². The van der Waals surface area contributed by atoms with Crippen LogP contribution < -0.4 is 9.47 Å². The van der Waals surface area contributed by atoms with Crippen LogP contribution in [0, 0.1) is 0 Å². The van der Waals surface area contributed by atoms with Crippen LogP contribution in [0.25, 0.3) is 0 Å². The van der Waals surface area contributed by atoms with E-state index in [1.165, 1.54) is 167 Å². The summed E-state index contributed by atoms with van der Waals surface area (Å²) < 4.78 is 12.2. The molecule has 46 heavy (non-hydrogen) atoms. The van der Waals surface area contributed by atoms with Gasteiger partial charge in [0.1, 0.15) is 0 Å². The maximum atomic E-state index is 9.60. The van der Waals surface area contributed by atoms with Gasteiger partial charge in [-0.3, -0.25) is 0 Å². The number of unbranched alkanes of at least 4 members (excludes halogenated alkanes) is 24. The highest BCUT2D eigenvalue weighted by molar-refractivity contribution is 5.42. The zero-order valence-corrected chi connectivity index (χ0v) is 30.7. The van der Waals surface area contributed by atoms with Gasteiger partial charge in [-0.25, -0.2) is 0 Å². The van der Waals surface area contributed by atoms with Gasteiger partial charge in [-0.15, -0.1) is 0 Å². The normalized spacial score (nSPS) is 11.7. The Morgan fingerprint density at radius 1 is 0.435 bits per heavy atom. The van der Waals surface area contributed by atoms with Gasteiger partial charge in [0.15, 0.2) is 11.5 Å². The van der Waals surface area contributed by atoms with E-state index in [1.807, 2.05) is 18.2 Å². The molecule has 0 aromatic heterocycles. The first kappa shape index (κ1) is 42.3. The van der Waals surface area contributed by atoms with Crippen molar-refractivity contribution in [1.82, 2.24) is 0 Å². The van der Waals surface area contributed by atoms with Crippen molar-refractivity contribution in [3.05, 3.63) is 48.1 Å². The van der Waals surface area contributed by atoms with Gasteiger partial charge < -0.3 is 14.6 Å². The van der Waals surface area contributed by atoms with Gasteiger partial charge >= 0.3 is 0 Å². The lowest BCUT2D eigenvalue weighted by atomic mass is 10.1. The van der Waals surface area contributed by atoms with E-state index in [0.29, 0.717) is 6.61 Å². The highest BCUT2D eigenvalue weighted by Crippen LogP contribution is 2.29. The molecule has 1 rings (SSSR count). The number of benzene rings is 1. The molecular weight excluding hydrogens is 564 g/mol. The van der Waals surface area contributed by atoms with Crippen LogP contribution in [0.2, 0.25) is 0 Å². The molecule has 1 N–H and O–H groups in total. The van der Waals surface area contributed by atoms with Gasteiger partial charge in [0, 0.05) is 0 Å². The lowest BCUT2D eigenvalue weighted by Crippen LogP contribution is -2.03. The maximum absolute atomic E-state index is 9.60. The Labute approximate surface area is 287 Å². The summed E-state index contributed by atoms with van der Waals surface area (Å²) in [5, 5.41) is 9.60. The monoisotopic (exact) mass is 641 g/mol. The van der Waals surface area contributed by atoms with Crippen LogP contribution in [-0.2, 0) is 6.61 Å². The largest absolute Gasteiger partial charge is 0.490 e. The van der Waals surface area contributed by atoms with Crippen LogP contribution in [0.4, 0.5) is 0 Å². The third-order valence-electron chi connectivity index (χ3n) is 9.02. The van der Waals surface area contributed by atoms with Crippen LogP contribution in [0.15, 0.2) is 42.5 Å². The zero-order chi connectivity index (χ0) is 33.0. The molecule has 0 saturated carbocycles. The van der Waals surface area contributed by atoms with Gasteiger partial charge in [0.25, 0.3) is 0 Å². The Morgan fingerprint density at radius 2 is 0.783 bits per heavy atom. The zero-order valence-electron chi connectivity index (χ0n) is 30.7. The molecule has 0 aliphatic heterocycles. The van der Waals surface area contributed by atoms with E-state index in [-0.39, 0.29) is 6.61 Å². The lowest BCUT2D eigenvalue weighted by molar-refractivity contribution is 0.254. The molecule has 0 heterocycles. The van der Waals surface area contributed by atoms with Crippen molar-refractivity contribution in [2.45, 2.75) is 200 Å². The molecule has 0 radical (unpaired) electrons. The average Bonchev–Trinajstić information content (AvgIpc) is 3.07. The third kappa shape index (κ3) is 27.4. The molecule has 3 nitrogen and oxygen atoms in total. The van der Waals surface area contributed by atoms with Gasteiger partial charge in [-0.05, 0) is 81.9 Å². The number of ether oxygens (including phenoxy) is 2. The fraction of sp³-hybridized carbons (Fsp3) is 0.767. The fourth-order valence-corrected chi connectivity index (χ4v) is 5.95. The van der Waals surface area contributed by atoms with Crippen LogP contribution >= 0.6 is 0 Å². The van der Waals surface area contributed by atoms with Crippen molar-refractivity contribution in [2.24, 2.45) is 0 Å². The Bertz CT molecular complexity index is 814.